The molecule has 4 heteroatoms. The molecule has 0 saturated carbocycles. The summed E-state index contributed by atoms with van der Waals surface area (Å²) in [5.41, 5.74) is 0. The maximum Gasteiger partial charge on any atom is 0.303 e. The Kier molecular flexibility index (Phi) is 14.3. The van der Waals surface area contributed by atoms with E-state index in [9.17, 15) is 9.90 Å². The summed E-state index contributed by atoms with van der Waals surface area (Å²) in [6, 6.07) is 0. The Hall–Kier alpha value is -0.610. The molecular formula is C16H32O4. The Bertz CT molecular complexity index is 219. The Morgan fingerprint density at radius 2 is 1.20 bits per heavy atom. The zero-order valence-corrected chi connectivity index (χ0v) is 12.7. The number of hydrogen-bond donors (Lipinski definition) is 3. The Labute approximate surface area is 123 Å². The fourth-order valence-corrected chi connectivity index (χ4v) is 2.35. The van der Waals surface area contributed by atoms with Gasteiger partial charge in [0.05, 0.1) is 6.10 Å². The van der Waals surface area contributed by atoms with Crippen molar-refractivity contribution in [1.29, 1.82) is 0 Å². The Balaban J connectivity index is 3.16. The Morgan fingerprint density at radius 1 is 0.750 bits per heavy atom. The van der Waals surface area contributed by atoms with E-state index in [1.54, 1.807) is 0 Å². The minimum atomic E-state index is -0.709. The second-order valence-electron chi connectivity index (χ2n) is 5.63. The van der Waals surface area contributed by atoms with Gasteiger partial charge in [0.15, 0.2) is 0 Å². The van der Waals surface area contributed by atoms with Gasteiger partial charge in [-0.1, -0.05) is 51.4 Å². The molecule has 0 saturated heterocycles. The third-order valence-electron chi connectivity index (χ3n) is 3.62. The second kappa shape index (κ2) is 14.8. The quantitative estimate of drug-likeness (QED) is 0.403. The number of hydrogen-bond acceptors (Lipinski definition) is 3. The molecule has 0 aromatic carbocycles. The molecule has 0 bridgehead atoms. The van der Waals surface area contributed by atoms with Crippen LogP contribution in [-0.2, 0) is 4.79 Å². The molecule has 0 fully saturated rings. The van der Waals surface area contributed by atoms with Gasteiger partial charge in [0.25, 0.3) is 0 Å². The third kappa shape index (κ3) is 15.4. The molecule has 3 N–H and O–H groups in total. The van der Waals surface area contributed by atoms with E-state index in [1.807, 2.05) is 0 Å². The molecule has 0 aromatic rings. The molecule has 0 amide bonds. The van der Waals surface area contributed by atoms with Crippen molar-refractivity contribution in [3.05, 3.63) is 0 Å². The van der Waals surface area contributed by atoms with Crippen molar-refractivity contribution >= 4 is 5.97 Å². The number of carboxylic acids is 1. The van der Waals surface area contributed by atoms with Crippen molar-refractivity contribution in [1.82, 2.24) is 0 Å². The largest absolute Gasteiger partial charge is 0.481 e. The average Bonchev–Trinajstić information content (AvgIpc) is 2.41. The molecule has 20 heavy (non-hydrogen) atoms. The van der Waals surface area contributed by atoms with Gasteiger partial charge in [0.1, 0.15) is 0 Å². The zero-order valence-electron chi connectivity index (χ0n) is 12.7. The molecule has 0 aliphatic carbocycles. The predicted octanol–water partition coefficient (Wildman–Crippen LogP) is 3.50. The number of aliphatic hydroxyl groups excluding tert-OH is 2. The summed E-state index contributed by atoms with van der Waals surface area (Å²) in [5.74, 6) is -0.709. The normalized spacial score (nSPS) is 12.5. The number of carboxylic acid groups (broad SMARTS) is 1. The van der Waals surface area contributed by atoms with Crippen LogP contribution in [-0.4, -0.2) is 34.0 Å². The van der Waals surface area contributed by atoms with Crippen LogP contribution in [0, 0.1) is 0 Å². The molecule has 0 unspecified atom stereocenters. The lowest BCUT2D eigenvalue weighted by atomic mass is 10.0. The summed E-state index contributed by atoms with van der Waals surface area (Å²) in [6.07, 6.45) is 12.2. The van der Waals surface area contributed by atoms with Gasteiger partial charge in [-0.15, -0.1) is 0 Å². The first kappa shape index (κ1) is 19.4. The van der Waals surface area contributed by atoms with Gasteiger partial charge in [0.2, 0.25) is 0 Å². The van der Waals surface area contributed by atoms with E-state index in [1.165, 1.54) is 0 Å². The van der Waals surface area contributed by atoms with Gasteiger partial charge in [-0.05, 0) is 25.7 Å². The Morgan fingerprint density at radius 3 is 1.70 bits per heavy atom. The molecular weight excluding hydrogens is 256 g/mol. The van der Waals surface area contributed by atoms with Crippen LogP contribution in [0.4, 0.5) is 0 Å². The lowest BCUT2D eigenvalue weighted by Gasteiger charge is -2.10. The number of carbonyl (C=O) groups is 1. The standard InChI is InChI=1S/C16H32O4/c17-14-10-6-2-4-8-12-15(18)11-7-3-1-5-9-13-16(19)20/h15,17-18H,1-14H2,(H,19,20)/t15-/m0/s1. The van der Waals surface area contributed by atoms with Crippen LogP contribution >= 0.6 is 0 Å². The highest BCUT2D eigenvalue weighted by Crippen LogP contribution is 2.13. The first-order valence-corrected chi connectivity index (χ1v) is 8.17. The second-order valence-corrected chi connectivity index (χ2v) is 5.63. The van der Waals surface area contributed by atoms with Crippen molar-refractivity contribution in [3.63, 3.8) is 0 Å². The summed E-state index contributed by atoms with van der Waals surface area (Å²) in [5, 5.41) is 26.9. The topological polar surface area (TPSA) is 77.8 Å². The minimum absolute atomic E-state index is 0.174. The van der Waals surface area contributed by atoms with E-state index in [4.69, 9.17) is 10.2 Å². The van der Waals surface area contributed by atoms with Crippen LogP contribution in [0.2, 0.25) is 0 Å². The fraction of sp³-hybridized carbons (Fsp3) is 0.938. The summed E-state index contributed by atoms with van der Waals surface area (Å²) >= 11 is 0. The highest BCUT2D eigenvalue weighted by molar-refractivity contribution is 5.66. The van der Waals surface area contributed by atoms with Crippen LogP contribution in [0.25, 0.3) is 0 Å². The average molecular weight is 288 g/mol. The first-order valence-electron chi connectivity index (χ1n) is 8.17. The first-order chi connectivity index (χ1) is 9.66. The van der Waals surface area contributed by atoms with Crippen molar-refractivity contribution in [3.8, 4) is 0 Å². The van der Waals surface area contributed by atoms with E-state index in [0.717, 1.165) is 77.0 Å². The fourth-order valence-electron chi connectivity index (χ4n) is 2.35. The molecule has 0 aromatic heterocycles. The van der Waals surface area contributed by atoms with Crippen LogP contribution in [0.1, 0.15) is 83.5 Å². The lowest BCUT2D eigenvalue weighted by molar-refractivity contribution is -0.137. The number of rotatable bonds is 15. The molecule has 0 heterocycles. The van der Waals surface area contributed by atoms with Crippen molar-refractivity contribution in [2.45, 2.75) is 89.6 Å². The predicted molar refractivity (Wildman–Crippen MR) is 80.7 cm³/mol. The van der Waals surface area contributed by atoms with Crippen LogP contribution < -0.4 is 0 Å². The van der Waals surface area contributed by atoms with Gasteiger partial charge in [-0.25, -0.2) is 0 Å². The third-order valence-corrected chi connectivity index (χ3v) is 3.62. The molecule has 0 aliphatic heterocycles. The molecule has 0 spiro atoms. The van der Waals surface area contributed by atoms with Gasteiger partial charge < -0.3 is 15.3 Å². The van der Waals surface area contributed by atoms with Gasteiger partial charge in [-0.3, -0.25) is 4.79 Å². The smallest absolute Gasteiger partial charge is 0.303 e. The summed E-state index contributed by atoms with van der Waals surface area (Å²) < 4.78 is 0. The number of aliphatic hydroxyl groups is 2. The maximum atomic E-state index is 10.3. The molecule has 0 radical (unpaired) electrons. The van der Waals surface area contributed by atoms with Crippen molar-refractivity contribution < 1.29 is 20.1 Å². The van der Waals surface area contributed by atoms with E-state index in [0.29, 0.717) is 0 Å². The number of aliphatic carboxylic acids is 1. The SMILES string of the molecule is O=C(O)CCCCCCC[C@H](O)CCCCCCCO. The zero-order chi connectivity index (χ0) is 15.1. The molecule has 4 nitrogen and oxygen atoms in total. The van der Waals surface area contributed by atoms with Crippen molar-refractivity contribution in [2.24, 2.45) is 0 Å². The highest BCUT2D eigenvalue weighted by atomic mass is 16.4. The summed E-state index contributed by atoms with van der Waals surface area (Å²) in [4.78, 5) is 10.3. The van der Waals surface area contributed by atoms with E-state index in [2.05, 4.69) is 0 Å². The number of unbranched alkanes of at least 4 members (excludes halogenated alkanes) is 8. The van der Waals surface area contributed by atoms with E-state index in [-0.39, 0.29) is 19.1 Å². The van der Waals surface area contributed by atoms with Crippen LogP contribution in [0.5, 0.6) is 0 Å². The summed E-state index contributed by atoms with van der Waals surface area (Å²) in [7, 11) is 0. The van der Waals surface area contributed by atoms with Gasteiger partial charge in [0, 0.05) is 13.0 Å². The maximum absolute atomic E-state index is 10.3. The molecule has 0 rings (SSSR count). The monoisotopic (exact) mass is 288 g/mol. The summed E-state index contributed by atoms with van der Waals surface area (Å²) in [6.45, 7) is 0.287. The van der Waals surface area contributed by atoms with Crippen LogP contribution in [0.15, 0.2) is 0 Å². The lowest BCUT2D eigenvalue weighted by Crippen LogP contribution is -2.06. The van der Waals surface area contributed by atoms with E-state index < -0.39 is 5.97 Å². The molecule has 1 atom stereocenters. The minimum Gasteiger partial charge on any atom is -0.481 e. The van der Waals surface area contributed by atoms with E-state index >= 15 is 0 Å². The van der Waals surface area contributed by atoms with Crippen LogP contribution in [0.3, 0.4) is 0 Å². The van der Waals surface area contributed by atoms with Crippen molar-refractivity contribution in [2.75, 3.05) is 6.61 Å². The van der Waals surface area contributed by atoms with Gasteiger partial charge in [-0.2, -0.15) is 0 Å². The van der Waals surface area contributed by atoms with Gasteiger partial charge >= 0.3 is 5.97 Å². The highest BCUT2D eigenvalue weighted by Gasteiger charge is 2.04. The molecule has 120 valence electrons. The molecule has 0 aliphatic rings.